The van der Waals surface area contributed by atoms with Gasteiger partial charge in [-0.25, -0.2) is 14.0 Å². The van der Waals surface area contributed by atoms with Crippen LogP contribution in [0.3, 0.4) is 0 Å². The van der Waals surface area contributed by atoms with Crippen LogP contribution in [-0.2, 0) is 20.9 Å². The van der Waals surface area contributed by atoms with Crippen LogP contribution in [0.4, 0.5) is 10.1 Å². The first kappa shape index (κ1) is 33.2. The van der Waals surface area contributed by atoms with Gasteiger partial charge in [-0.15, -0.1) is 6.58 Å². The lowest BCUT2D eigenvalue weighted by atomic mass is 10.1. The van der Waals surface area contributed by atoms with Crippen LogP contribution in [0.15, 0.2) is 109 Å². The number of hydrogen-bond donors (Lipinski definition) is 0. The van der Waals surface area contributed by atoms with E-state index in [0.29, 0.717) is 4.90 Å². The fourth-order valence-electron chi connectivity index (χ4n) is 3.86. The molecule has 0 heterocycles. The predicted molar refractivity (Wildman–Crippen MR) is 171 cm³/mol. The van der Waals surface area contributed by atoms with E-state index >= 15 is 4.39 Å². The van der Waals surface area contributed by atoms with Crippen LogP contribution >= 0.6 is 23.5 Å². The minimum absolute atomic E-state index is 0.0725. The monoisotopic (exact) mass is 621 g/mol. The van der Waals surface area contributed by atoms with Gasteiger partial charge in [0.15, 0.2) is 12.4 Å². The Labute approximate surface area is 261 Å². The van der Waals surface area contributed by atoms with Gasteiger partial charge in [-0.3, -0.25) is 0 Å². The topological polar surface area (TPSA) is 65.1 Å². The highest BCUT2D eigenvalue weighted by Gasteiger charge is 2.22. The first-order valence-electron chi connectivity index (χ1n) is 13.5. The highest BCUT2D eigenvalue weighted by molar-refractivity contribution is 8.00. The van der Waals surface area contributed by atoms with Crippen molar-refractivity contribution in [1.82, 2.24) is 0 Å². The number of ether oxygens (including phenoxy) is 3. The van der Waals surface area contributed by atoms with E-state index in [2.05, 4.69) is 6.58 Å². The van der Waals surface area contributed by atoms with Crippen molar-refractivity contribution < 1.29 is 28.2 Å². The maximum absolute atomic E-state index is 15.2. The number of methoxy groups -OCH3 is 1. The van der Waals surface area contributed by atoms with Gasteiger partial charge in [0.05, 0.1) is 28.3 Å². The third kappa shape index (κ3) is 9.36. The number of rotatable bonds is 12. The molecule has 6 nitrogen and oxygen atoms in total. The SMILES string of the molecule is C=CCN(Sc1cc(C(=O)OC)cc(Cl)c1OCC(=O)OCc1ccccc1)c1cc(-c2ccccc2)ccc1F.CC. The van der Waals surface area contributed by atoms with Crippen molar-refractivity contribution in [3.8, 4) is 16.9 Å². The molecule has 4 aromatic carbocycles. The Bertz CT molecular complexity index is 1520. The van der Waals surface area contributed by atoms with Gasteiger partial charge in [0.25, 0.3) is 0 Å². The third-order valence-electron chi connectivity index (χ3n) is 5.83. The van der Waals surface area contributed by atoms with Gasteiger partial charge in [-0.05, 0) is 52.9 Å². The number of carbonyl (C=O) groups excluding carboxylic acids is 2. The zero-order valence-corrected chi connectivity index (χ0v) is 25.8. The molecule has 4 aromatic rings. The summed E-state index contributed by atoms with van der Waals surface area (Å²) in [5, 5.41) is 0.0725. The van der Waals surface area contributed by atoms with Crippen molar-refractivity contribution >= 4 is 41.2 Å². The van der Waals surface area contributed by atoms with Gasteiger partial charge in [0, 0.05) is 6.54 Å². The van der Waals surface area contributed by atoms with E-state index < -0.39 is 24.4 Å². The number of hydrogen-bond acceptors (Lipinski definition) is 7. The second-order valence-corrected chi connectivity index (χ2v) is 10.2. The molecule has 43 heavy (non-hydrogen) atoms. The molecule has 0 aliphatic carbocycles. The van der Waals surface area contributed by atoms with Crippen molar-refractivity contribution in [2.24, 2.45) is 0 Å². The highest BCUT2D eigenvalue weighted by atomic mass is 35.5. The maximum atomic E-state index is 15.2. The lowest BCUT2D eigenvalue weighted by Crippen LogP contribution is -2.18. The van der Waals surface area contributed by atoms with Crippen molar-refractivity contribution in [1.29, 1.82) is 0 Å². The number of carbonyl (C=O) groups is 2. The van der Waals surface area contributed by atoms with Gasteiger partial charge in [-0.1, -0.05) is 98.3 Å². The number of esters is 2. The van der Waals surface area contributed by atoms with E-state index in [1.54, 1.807) is 22.5 Å². The average molecular weight is 622 g/mol. The van der Waals surface area contributed by atoms with Crippen molar-refractivity contribution in [3.63, 3.8) is 0 Å². The average Bonchev–Trinajstić information content (AvgIpc) is 3.04. The summed E-state index contributed by atoms with van der Waals surface area (Å²) in [5.41, 5.74) is 3.01. The molecule has 0 unspecified atom stereocenters. The molecular formula is C34H33ClFNO5S. The first-order chi connectivity index (χ1) is 20.9. The predicted octanol–water partition coefficient (Wildman–Crippen LogP) is 8.78. The summed E-state index contributed by atoms with van der Waals surface area (Å²) in [4.78, 5) is 25.2. The van der Waals surface area contributed by atoms with Gasteiger partial charge in [0.2, 0.25) is 0 Å². The zero-order chi connectivity index (χ0) is 31.2. The minimum Gasteiger partial charge on any atom is -0.479 e. The number of anilines is 1. The van der Waals surface area contributed by atoms with Crippen molar-refractivity contribution in [2.75, 3.05) is 24.6 Å². The van der Waals surface area contributed by atoms with E-state index in [0.717, 1.165) is 28.6 Å². The molecule has 224 valence electrons. The number of nitrogens with zero attached hydrogens (tertiary/aromatic N) is 1. The molecule has 0 aromatic heterocycles. The van der Waals surface area contributed by atoms with E-state index in [9.17, 15) is 9.59 Å². The summed E-state index contributed by atoms with van der Waals surface area (Å²) in [6.07, 6.45) is 1.62. The summed E-state index contributed by atoms with van der Waals surface area (Å²) in [6, 6.07) is 26.6. The number of halogens is 2. The molecule has 0 amide bonds. The molecule has 0 aliphatic heterocycles. The van der Waals surface area contributed by atoms with Crippen LogP contribution in [0.25, 0.3) is 11.1 Å². The van der Waals surface area contributed by atoms with E-state index in [1.807, 2.05) is 74.5 Å². The van der Waals surface area contributed by atoms with Crippen LogP contribution in [0.2, 0.25) is 5.02 Å². The van der Waals surface area contributed by atoms with Crippen LogP contribution in [0, 0.1) is 5.82 Å². The van der Waals surface area contributed by atoms with Gasteiger partial charge < -0.3 is 18.5 Å². The molecule has 0 radical (unpaired) electrons. The second-order valence-electron chi connectivity index (χ2n) is 8.69. The van der Waals surface area contributed by atoms with Gasteiger partial charge in [-0.2, -0.15) is 0 Å². The molecule has 0 atom stereocenters. The molecular weight excluding hydrogens is 589 g/mol. The Morgan fingerprint density at radius 3 is 2.28 bits per heavy atom. The highest BCUT2D eigenvalue weighted by Crippen LogP contribution is 2.42. The van der Waals surface area contributed by atoms with Crippen LogP contribution in [0.1, 0.15) is 29.8 Å². The normalized spacial score (nSPS) is 10.2. The Hall–Kier alpha value is -4.27. The fraction of sp³-hybridized carbons (Fsp3) is 0.176. The maximum Gasteiger partial charge on any atom is 0.344 e. The molecule has 0 fully saturated rings. The Morgan fingerprint density at radius 2 is 1.63 bits per heavy atom. The molecule has 0 bridgehead atoms. The largest absolute Gasteiger partial charge is 0.479 e. The van der Waals surface area contributed by atoms with Crippen LogP contribution < -0.4 is 9.04 Å². The summed E-state index contributed by atoms with van der Waals surface area (Å²) in [5.74, 6) is -1.55. The summed E-state index contributed by atoms with van der Waals surface area (Å²) in [7, 11) is 1.25. The molecule has 0 saturated heterocycles. The molecule has 0 N–H and O–H groups in total. The quantitative estimate of drug-likeness (QED) is 0.0890. The molecule has 9 heteroatoms. The first-order valence-corrected chi connectivity index (χ1v) is 14.7. The summed E-state index contributed by atoms with van der Waals surface area (Å²) >= 11 is 7.61. The fourth-order valence-corrected chi connectivity index (χ4v) is 5.27. The van der Waals surface area contributed by atoms with E-state index in [-0.39, 0.29) is 35.2 Å². The lowest BCUT2D eigenvalue weighted by Gasteiger charge is -2.25. The van der Waals surface area contributed by atoms with E-state index in [1.165, 1.54) is 25.3 Å². The number of benzene rings is 4. The third-order valence-corrected chi connectivity index (χ3v) is 7.18. The van der Waals surface area contributed by atoms with Crippen LogP contribution in [0.5, 0.6) is 5.75 Å². The Balaban J connectivity index is 0.00000248. The lowest BCUT2D eigenvalue weighted by molar-refractivity contribution is -0.147. The molecule has 0 saturated carbocycles. The van der Waals surface area contributed by atoms with Crippen molar-refractivity contribution in [3.05, 3.63) is 126 Å². The second kappa shape index (κ2) is 17.0. The van der Waals surface area contributed by atoms with Crippen LogP contribution in [-0.4, -0.2) is 32.2 Å². The standard InChI is InChI=1S/C32H27ClFNO5S.C2H6/c1-3-16-35(28-18-24(14-15-27(28)34)23-12-8-5-9-13-23)41-29-19-25(32(37)38-2)17-26(33)31(29)40-21-30(36)39-20-22-10-6-4-7-11-22;1-2/h3-15,17-19H,1,16,20-21H2,2H3;1-2H3. The summed E-state index contributed by atoms with van der Waals surface area (Å²) < 4.78 is 32.8. The van der Waals surface area contributed by atoms with Gasteiger partial charge in [0.1, 0.15) is 12.4 Å². The summed E-state index contributed by atoms with van der Waals surface area (Å²) in [6.45, 7) is 7.70. The smallest absolute Gasteiger partial charge is 0.344 e. The van der Waals surface area contributed by atoms with E-state index in [4.69, 9.17) is 25.8 Å². The molecule has 0 spiro atoms. The van der Waals surface area contributed by atoms with Crippen molar-refractivity contribution in [2.45, 2.75) is 25.3 Å². The molecule has 0 aliphatic rings. The van der Waals surface area contributed by atoms with Gasteiger partial charge >= 0.3 is 11.9 Å². The Morgan fingerprint density at radius 1 is 0.953 bits per heavy atom. The Kier molecular flexibility index (Phi) is 13.1. The zero-order valence-electron chi connectivity index (χ0n) is 24.2. The minimum atomic E-state index is -0.616. The molecule has 4 rings (SSSR count).